The van der Waals surface area contributed by atoms with Crippen LogP contribution in [0, 0.1) is 0 Å². The Morgan fingerprint density at radius 3 is 2.37 bits per heavy atom. The highest BCUT2D eigenvalue weighted by Gasteiger charge is 2.21. The Kier molecular flexibility index (Phi) is 4.70. The lowest BCUT2D eigenvalue weighted by molar-refractivity contribution is -0.117. The van der Waals surface area contributed by atoms with Gasteiger partial charge < -0.3 is 15.0 Å². The number of nitrogens with zero attached hydrogens (tertiary/aromatic N) is 3. The van der Waals surface area contributed by atoms with Gasteiger partial charge in [0.05, 0.1) is 19.0 Å². The molecule has 1 aliphatic rings. The van der Waals surface area contributed by atoms with Crippen molar-refractivity contribution in [1.82, 2.24) is 9.97 Å². The molecule has 1 aliphatic heterocycles. The zero-order valence-corrected chi connectivity index (χ0v) is 15.1. The van der Waals surface area contributed by atoms with E-state index in [-0.39, 0.29) is 5.91 Å². The normalized spacial score (nSPS) is 13.7. The third-order valence-corrected chi connectivity index (χ3v) is 4.57. The molecule has 4 rings (SSSR count). The van der Waals surface area contributed by atoms with Gasteiger partial charge in [0, 0.05) is 36.5 Å². The first-order chi connectivity index (χ1) is 13.2. The van der Waals surface area contributed by atoms with Crippen molar-refractivity contribution in [3.05, 3.63) is 60.9 Å². The summed E-state index contributed by atoms with van der Waals surface area (Å²) in [6.07, 6.45) is 5.11. The van der Waals surface area contributed by atoms with Crippen molar-refractivity contribution in [1.29, 1.82) is 0 Å². The van der Waals surface area contributed by atoms with Crippen molar-refractivity contribution in [2.75, 3.05) is 23.9 Å². The predicted molar refractivity (Wildman–Crippen MR) is 105 cm³/mol. The molecule has 0 atom stereocenters. The van der Waals surface area contributed by atoms with Crippen LogP contribution in [0.2, 0.25) is 0 Å². The van der Waals surface area contributed by atoms with E-state index in [1.54, 1.807) is 19.4 Å². The average molecular weight is 360 g/mol. The van der Waals surface area contributed by atoms with E-state index < -0.39 is 0 Å². The van der Waals surface area contributed by atoms with Crippen LogP contribution in [0.15, 0.2) is 60.9 Å². The quantitative estimate of drug-likeness (QED) is 0.744. The molecule has 1 aromatic carbocycles. The third-order valence-electron chi connectivity index (χ3n) is 4.57. The monoisotopic (exact) mass is 360 g/mol. The summed E-state index contributed by atoms with van der Waals surface area (Å²) >= 11 is 0. The summed E-state index contributed by atoms with van der Waals surface area (Å²) in [6.45, 7) is 0.806. The molecular weight excluding hydrogens is 340 g/mol. The van der Waals surface area contributed by atoms with Gasteiger partial charge in [-0.1, -0.05) is 12.1 Å². The van der Waals surface area contributed by atoms with Gasteiger partial charge >= 0.3 is 0 Å². The number of carbonyl (C=O) groups is 1. The molecule has 0 spiro atoms. The van der Waals surface area contributed by atoms with Crippen molar-refractivity contribution in [2.24, 2.45) is 0 Å². The van der Waals surface area contributed by atoms with E-state index in [0.29, 0.717) is 12.3 Å². The number of rotatable bonds is 5. The zero-order chi connectivity index (χ0) is 18.6. The number of benzene rings is 1. The van der Waals surface area contributed by atoms with E-state index in [1.807, 2.05) is 53.6 Å². The molecule has 0 unspecified atom stereocenters. The summed E-state index contributed by atoms with van der Waals surface area (Å²) in [5, 5.41) is 3.21. The Morgan fingerprint density at radius 2 is 1.78 bits per heavy atom. The molecule has 0 radical (unpaired) electrons. The van der Waals surface area contributed by atoms with Gasteiger partial charge in [-0.3, -0.25) is 4.79 Å². The maximum atomic E-state index is 11.9. The standard InChI is InChI=1S/C21H20N4O2/c1-27-20-11-7-17(14-23-20)24-19-10-6-16(13-22-19)15-4-8-18(9-5-15)25-12-2-3-21(25)26/h4-11,13-14H,2-3,12H2,1H3,(H,22,24). The highest BCUT2D eigenvalue weighted by molar-refractivity contribution is 5.95. The number of anilines is 3. The van der Waals surface area contributed by atoms with E-state index in [9.17, 15) is 4.79 Å². The highest BCUT2D eigenvalue weighted by atomic mass is 16.5. The second-order valence-corrected chi connectivity index (χ2v) is 6.34. The maximum absolute atomic E-state index is 11.9. The SMILES string of the molecule is COc1ccc(Nc2ccc(-c3ccc(N4CCCC4=O)cc3)cn2)cn1. The van der Waals surface area contributed by atoms with Gasteiger partial charge in [0.1, 0.15) is 5.82 Å². The Hall–Kier alpha value is -3.41. The van der Waals surface area contributed by atoms with Crippen molar-refractivity contribution >= 4 is 23.1 Å². The lowest BCUT2D eigenvalue weighted by Crippen LogP contribution is -2.23. The number of carbonyl (C=O) groups excluding carboxylic acids is 1. The summed E-state index contributed by atoms with van der Waals surface area (Å²) in [5.74, 6) is 1.51. The molecule has 3 aromatic rings. The van der Waals surface area contributed by atoms with E-state index in [2.05, 4.69) is 15.3 Å². The molecule has 1 N–H and O–H groups in total. The van der Waals surface area contributed by atoms with Crippen LogP contribution in [0.4, 0.5) is 17.2 Å². The van der Waals surface area contributed by atoms with Crippen LogP contribution in [0.3, 0.4) is 0 Å². The van der Waals surface area contributed by atoms with Crippen LogP contribution in [0.5, 0.6) is 5.88 Å². The first-order valence-corrected chi connectivity index (χ1v) is 8.87. The number of amides is 1. The molecule has 1 saturated heterocycles. The van der Waals surface area contributed by atoms with Crippen molar-refractivity contribution in [2.45, 2.75) is 12.8 Å². The largest absolute Gasteiger partial charge is 0.481 e. The number of methoxy groups -OCH3 is 1. The predicted octanol–water partition coefficient (Wildman–Crippen LogP) is 4.02. The van der Waals surface area contributed by atoms with Crippen molar-refractivity contribution in [3.63, 3.8) is 0 Å². The number of hydrogen-bond donors (Lipinski definition) is 1. The van der Waals surface area contributed by atoms with Gasteiger partial charge in [-0.25, -0.2) is 9.97 Å². The average Bonchev–Trinajstić information content (AvgIpc) is 3.15. The highest BCUT2D eigenvalue weighted by Crippen LogP contribution is 2.26. The fourth-order valence-corrected chi connectivity index (χ4v) is 3.12. The van der Waals surface area contributed by atoms with Crippen molar-refractivity contribution in [3.8, 4) is 17.0 Å². The summed E-state index contributed by atoms with van der Waals surface area (Å²) in [5.41, 5.74) is 3.89. The van der Waals surface area contributed by atoms with E-state index in [4.69, 9.17) is 4.74 Å². The van der Waals surface area contributed by atoms with Gasteiger partial charge in [-0.05, 0) is 42.3 Å². The Morgan fingerprint density at radius 1 is 0.963 bits per heavy atom. The number of aromatic nitrogens is 2. The van der Waals surface area contributed by atoms with Gasteiger partial charge in [-0.15, -0.1) is 0 Å². The molecule has 0 saturated carbocycles. The van der Waals surface area contributed by atoms with Gasteiger partial charge in [0.25, 0.3) is 0 Å². The summed E-state index contributed by atoms with van der Waals surface area (Å²) < 4.78 is 5.05. The van der Waals surface area contributed by atoms with Gasteiger partial charge in [-0.2, -0.15) is 0 Å². The first-order valence-electron chi connectivity index (χ1n) is 8.87. The molecule has 136 valence electrons. The molecule has 0 bridgehead atoms. The van der Waals surface area contributed by atoms with Gasteiger partial charge in [0.2, 0.25) is 11.8 Å². The summed E-state index contributed by atoms with van der Waals surface area (Å²) in [7, 11) is 1.59. The zero-order valence-electron chi connectivity index (χ0n) is 15.1. The van der Waals surface area contributed by atoms with E-state index in [0.717, 1.165) is 41.3 Å². The number of ether oxygens (including phenoxy) is 1. The number of hydrogen-bond acceptors (Lipinski definition) is 5. The fourth-order valence-electron chi connectivity index (χ4n) is 3.12. The molecule has 2 aromatic heterocycles. The van der Waals surface area contributed by atoms with Crippen LogP contribution in [0.25, 0.3) is 11.1 Å². The first kappa shape index (κ1) is 17.0. The minimum Gasteiger partial charge on any atom is -0.481 e. The number of nitrogens with one attached hydrogen (secondary N) is 1. The van der Waals surface area contributed by atoms with E-state index >= 15 is 0 Å². The Balaban J connectivity index is 1.46. The number of pyridine rings is 2. The Labute approximate surface area is 157 Å². The topological polar surface area (TPSA) is 67.3 Å². The van der Waals surface area contributed by atoms with Crippen LogP contribution >= 0.6 is 0 Å². The smallest absolute Gasteiger partial charge is 0.227 e. The van der Waals surface area contributed by atoms with Crippen LogP contribution in [-0.2, 0) is 4.79 Å². The molecular formula is C21H20N4O2. The molecule has 1 amide bonds. The fraction of sp³-hybridized carbons (Fsp3) is 0.190. The van der Waals surface area contributed by atoms with Crippen LogP contribution in [-0.4, -0.2) is 29.5 Å². The molecule has 1 fully saturated rings. The third kappa shape index (κ3) is 3.74. The molecule has 6 nitrogen and oxygen atoms in total. The maximum Gasteiger partial charge on any atom is 0.227 e. The summed E-state index contributed by atoms with van der Waals surface area (Å²) in [4.78, 5) is 22.3. The lowest BCUT2D eigenvalue weighted by atomic mass is 10.1. The van der Waals surface area contributed by atoms with Crippen LogP contribution < -0.4 is 15.0 Å². The van der Waals surface area contributed by atoms with Crippen molar-refractivity contribution < 1.29 is 9.53 Å². The molecule has 3 heterocycles. The second kappa shape index (κ2) is 7.45. The van der Waals surface area contributed by atoms with Crippen LogP contribution in [0.1, 0.15) is 12.8 Å². The summed E-state index contributed by atoms with van der Waals surface area (Å²) in [6, 6.07) is 15.7. The minimum atomic E-state index is 0.202. The lowest BCUT2D eigenvalue weighted by Gasteiger charge is -2.16. The molecule has 0 aliphatic carbocycles. The molecule has 6 heteroatoms. The van der Waals surface area contributed by atoms with Gasteiger partial charge in [0.15, 0.2) is 0 Å². The molecule has 27 heavy (non-hydrogen) atoms. The minimum absolute atomic E-state index is 0.202. The van der Waals surface area contributed by atoms with E-state index in [1.165, 1.54) is 0 Å². The second-order valence-electron chi connectivity index (χ2n) is 6.34. The Bertz CT molecular complexity index is 922.